The van der Waals surface area contributed by atoms with Gasteiger partial charge in [0.15, 0.2) is 11.5 Å². The van der Waals surface area contributed by atoms with Gasteiger partial charge in [-0.15, -0.1) is 0 Å². The van der Waals surface area contributed by atoms with Gasteiger partial charge in [0.1, 0.15) is 0 Å². The standard InChI is InChI=1S/C19H29N3O4/c1-13(2)21(3)18(23)11-15-19(24)20-8-9-22(15)12-14-6-7-16(25-4)17(10-14)26-5/h6-7,10,13,15H,8-9,11-12H2,1-5H3,(H,20,24). The van der Waals surface area contributed by atoms with E-state index in [9.17, 15) is 9.59 Å². The van der Waals surface area contributed by atoms with Gasteiger partial charge in [-0.3, -0.25) is 14.5 Å². The minimum Gasteiger partial charge on any atom is -0.493 e. The number of hydrogen-bond acceptors (Lipinski definition) is 5. The SMILES string of the molecule is COc1ccc(CN2CCNC(=O)C2CC(=O)N(C)C(C)C)cc1OC. The van der Waals surface area contributed by atoms with Crippen molar-refractivity contribution in [1.82, 2.24) is 15.1 Å². The van der Waals surface area contributed by atoms with Gasteiger partial charge in [0.2, 0.25) is 11.8 Å². The zero-order valence-electron chi connectivity index (χ0n) is 16.2. The summed E-state index contributed by atoms with van der Waals surface area (Å²) in [6.07, 6.45) is 0.174. The van der Waals surface area contributed by atoms with Gasteiger partial charge in [-0.25, -0.2) is 0 Å². The maximum atomic E-state index is 12.5. The van der Waals surface area contributed by atoms with E-state index in [4.69, 9.17) is 9.47 Å². The molecule has 7 nitrogen and oxygen atoms in total. The number of rotatable bonds is 7. The predicted octanol–water partition coefficient (Wildman–Crippen LogP) is 1.26. The highest BCUT2D eigenvalue weighted by molar-refractivity contribution is 5.88. The second-order valence-electron chi connectivity index (χ2n) is 6.77. The molecule has 1 aliphatic rings. The van der Waals surface area contributed by atoms with Crippen molar-refractivity contribution < 1.29 is 19.1 Å². The second kappa shape index (κ2) is 8.89. The largest absolute Gasteiger partial charge is 0.493 e. The number of nitrogens with zero attached hydrogens (tertiary/aromatic N) is 2. The Kier molecular flexibility index (Phi) is 6.85. The average molecular weight is 363 g/mol. The van der Waals surface area contributed by atoms with Crippen LogP contribution in [0.25, 0.3) is 0 Å². The Morgan fingerprint density at radius 3 is 2.62 bits per heavy atom. The molecule has 0 spiro atoms. The molecule has 1 atom stereocenters. The number of benzene rings is 1. The van der Waals surface area contributed by atoms with Gasteiger partial charge in [-0.1, -0.05) is 6.07 Å². The van der Waals surface area contributed by atoms with E-state index in [0.29, 0.717) is 31.1 Å². The maximum absolute atomic E-state index is 12.5. The zero-order chi connectivity index (χ0) is 19.3. The third-order valence-electron chi connectivity index (χ3n) is 4.81. The number of hydrogen-bond donors (Lipinski definition) is 1. The van der Waals surface area contributed by atoms with Crippen molar-refractivity contribution in [2.75, 3.05) is 34.4 Å². The Balaban J connectivity index is 2.15. The van der Waals surface area contributed by atoms with Crippen molar-refractivity contribution in [3.63, 3.8) is 0 Å². The van der Waals surface area contributed by atoms with Crippen molar-refractivity contribution in [3.05, 3.63) is 23.8 Å². The fraction of sp³-hybridized carbons (Fsp3) is 0.579. The summed E-state index contributed by atoms with van der Waals surface area (Å²) < 4.78 is 10.6. The van der Waals surface area contributed by atoms with Gasteiger partial charge < -0.3 is 19.7 Å². The van der Waals surface area contributed by atoms with Gasteiger partial charge in [-0.2, -0.15) is 0 Å². The van der Waals surface area contributed by atoms with Gasteiger partial charge >= 0.3 is 0 Å². The highest BCUT2D eigenvalue weighted by Crippen LogP contribution is 2.28. The average Bonchev–Trinajstić information content (AvgIpc) is 2.63. The number of methoxy groups -OCH3 is 2. The van der Waals surface area contributed by atoms with Gasteiger partial charge in [0, 0.05) is 32.7 Å². The van der Waals surface area contributed by atoms with Crippen LogP contribution in [-0.2, 0) is 16.1 Å². The van der Waals surface area contributed by atoms with Crippen LogP contribution in [0.1, 0.15) is 25.8 Å². The summed E-state index contributed by atoms with van der Waals surface area (Å²) in [6.45, 7) is 5.76. The van der Waals surface area contributed by atoms with Crippen LogP contribution in [0.15, 0.2) is 18.2 Å². The van der Waals surface area contributed by atoms with E-state index >= 15 is 0 Å². The van der Waals surface area contributed by atoms with Crippen LogP contribution in [0.3, 0.4) is 0 Å². The summed E-state index contributed by atoms with van der Waals surface area (Å²) in [7, 11) is 4.96. The highest BCUT2D eigenvalue weighted by atomic mass is 16.5. The summed E-state index contributed by atoms with van der Waals surface area (Å²) in [4.78, 5) is 28.6. The van der Waals surface area contributed by atoms with Crippen LogP contribution in [-0.4, -0.2) is 68.1 Å². The monoisotopic (exact) mass is 363 g/mol. The first-order valence-electron chi connectivity index (χ1n) is 8.85. The van der Waals surface area contributed by atoms with Crippen LogP contribution in [0, 0.1) is 0 Å². The van der Waals surface area contributed by atoms with E-state index in [1.807, 2.05) is 36.9 Å². The third-order valence-corrected chi connectivity index (χ3v) is 4.81. The number of carbonyl (C=O) groups excluding carboxylic acids is 2. The van der Waals surface area contributed by atoms with Gasteiger partial charge in [0.25, 0.3) is 0 Å². The Labute approximate surface area is 155 Å². The summed E-state index contributed by atoms with van der Waals surface area (Å²) in [6, 6.07) is 5.35. The summed E-state index contributed by atoms with van der Waals surface area (Å²) >= 11 is 0. The Bertz CT molecular complexity index is 648. The van der Waals surface area contributed by atoms with E-state index in [1.54, 1.807) is 26.2 Å². The molecule has 1 aliphatic heterocycles. The number of nitrogens with one attached hydrogen (secondary N) is 1. The molecular weight excluding hydrogens is 334 g/mol. The second-order valence-corrected chi connectivity index (χ2v) is 6.77. The molecule has 1 saturated heterocycles. The quantitative estimate of drug-likeness (QED) is 0.790. The number of amides is 2. The lowest BCUT2D eigenvalue weighted by Crippen LogP contribution is -2.56. The van der Waals surface area contributed by atoms with Crippen molar-refractivity contribution in [2.45, 2.75) is 38.9 Å². The molecule has 2 rings (SSSR count). The fourth-order valence-corrected chi connectivity index (χ4v) is 2.98. The van der Waals surface area contributed by atoms with Gasteiger partial charge in [-0.05, 0) is 31.5 Å². The molecule has 1 N–H and O–H groups in total. The molecule has 1 heterocycles. The lowest BCUT2D eigenvalue weighted by atomic mass is 10.1. The molecule has 26 heavy (non-hydrogen) atoms. The van der Waals surface area contributed by atoms with Crippen molar-refractivity contribution in [3.8, 4) is 11.5 Å². The topological polar surface area (TPSA) is 71.1 Å². The van der Waals surface area contributed by atoms with E-state index in [-0.39, 0.29) is 24.3 Å². The Morgan fingerprint density at radius 1 is 1.31 bits per heavy atom. The molecule has 2 amide bonds. The van der Waals surface area contributed by atoms with Crippen LogP contribution >= 0.6 is 0 Å². The fourth-order valence-electron chi connectivity index (χ4n) is 2.98. The third kappa shape index (κ3) is 4.66. The predicted molar refractivity (Wildman–Crippen MR) is 99.3 cm³/mol. The molecule has 0 bridgehead atoms. The Morgan fingerprint density at radius 2 is 2.00 bits per heavy atom. The number of piperazine rings is 1. The molecule has 144 valence electrons. The van der Waals surface area contributed by atoms with Crippen molar-refractivity contribution >= 4 is 11.8 Å². The first-order valence-corrected chi connectivity index (χ1v) is 8.85. The van der Waals surface area contributed by atoms with E-state index in [1.165, 1.54) is 0 Å². The summed E-state index contributed by atoms with van der Waals surface area (Å²) in [5.41, 5.74) is 1.01. The van der Waals surface area contributed by atoms with Gasteiger partial charge in [0.05, 0.1) is 26.7 Å². The minimum absolute atomic E-state index is 0.0284. The van der Waals surface area contributed by atoms with Crippen molar-refractivity contribution in [2.24, 2.45) is 0 Å². The molecule has 0 aromatic heterocycles. The van der Waals surface area contributed by atoms with Crippen LogP contribution in [0.4, 0.5) is 0 Å². The summed E-state index contributed by atoms with van der Waals surface area (Å²) in [5, 5.41) is 2.87. The van der Waals surface area contributed by atoms with Crippen LogP contribution in [0.2, 0.25) is 0 Å². The summed E-state index contributed by atoms with van der Waals surface area (Å²) in [5.74, 6) is 1.19. The maximum Gasteiger partial charge on any atom is 0.237 e. The normalized spacial score (nSPS) is 17.8. The van der Waals surface area contributed by atoms with E-state index < -0.39 is 6.04 Å². The Hall–Kier alpha value is -2.28. The highest BCUT2D eigenvalue weighted by Gasteiger charge is 2.32. The van der Waals surface area contributed by atoms with Crippen LogP contribution < -0.4 is 14.8 Å². The van der Waals surface area contributed by atoms with Crippen molar-refractivity contribution in [1.29, 1.82) is 0 Å². The first-order chi connectivity index (χ1) is 12.4. The molecule has 1 unspecified atom stereocenters. The van der Waals surface area contributed by atoms with E-state index in [0.717, 1.165) is 5.56 Å². The smallest absolute Gasteiger partial charge is 0.237 e. The van der Waals surface area contributed by atoms with E-state index in [2.05, 4.69) is 5.32 Å². The molecule has 0 aliphatic carbocycles. The number of carbonyl (C=O) groups is 2. The molecular formula is C19H29N3O4. The molecule has 1 aromatic rings. The molecule has 1 fully saturated rings. The van der Waals surface area contributed by atoms with Crippen LogP contribution in [0.5, 0.6) is 11.5 Å². The lowest BCUT2D eigenvalue weighted by molar-refractivity contribution is -0.139. The number of ether oxygens (including phenoxy) is 2. The molecule has 1 aromatic carbocycles. The zero-order valence-corrected chi connectivity index (χ0v) is 16.2. The molecule has 0 saturated carbocycles. The minimum atomic E-state index is -0.467. The first kappa shape index (κ1) is 20.0. The lowest BCUT2D eigenvalue weighted by Gasteiger charge is -2.36. The molecule has 0 radical (unpaired) electrons. The molecule has 7 heteroatoms.